The molecule has 3 saturated carbocycles. The fourth-order valence-corrected chi connectivity index (χ4v) is 4.83. The van der Waals surface area contributed by atoms with Gasteiger partial charge in [0.15, 0.2) is 0 Å². The van der Waals surface area contributed by atoms with Crippen LogP contribution in [0.5, 0.6) is 0 Å². The van der Waals surface area contributed by atoms with Crippen LogP contribution in [0, 0.1) is 17.8 Å². The summed E-state index contributed by atoms with van der Waals surface area (Å²) in [6, 6.07) is 0.286. The molecule has 5 nitrogen and oxygen atoms in total. The minimum Gasteiger partial charge on any atom is -0.338 e. The molecule has 2 unspecified atom stereocenters. The van der Waals surface area contributed by atoms with Gasteiger partial charge in [-0.15, -0.1) is 0 Å². The Morgan fingerprint density at radius 2 is 1.74 bits per heavy atom. The first kappa shape index (κ1) is 15.3. The highest BCUT2D eigenvalue weighted by atomic mass is 16.2. The summed E-state index contributed by atoms with van der Waals surface area (Å²) in [4.78, 5) is 27.5. The molecule has 23 heavy (non-hydrogen) atoms. The van der Waals surface area contributed by atoms with Crippen molar-refractivity contribution in [2.24, 2.45) is 17.8 Å². The molecule has 4 rings (SSSR count). The zero-order valence-corrected chi connectivity index (χ0v) is 14.1. The van der Waals surface area contributed by atoms with Gasteiger partial charge < -0.3 is 15.5 Å². The van der Waals surface area contributed by atoms with Crippen LogP contribution in [0.4, 0.5) is 4.79 Å². The van der Waals surface area contributed by atoms with Gasteiger partial charge in [0.05, 0.1) is 0 Å². The zero-order valence-electron chi connectivity index (χ0n) is 14.1. The van der Waals surface area contributed by atoms with Crippen LogP contribution in [0.15, 0.2) is 0 Å². The molecule has 3 amide bonds. The Balaban J connectivity index is 1.48. The van der Waals surface area contributed by atoms with Gasteiger partial charge in [0.25, 0.3) is 0 Å². The Labute approximate surface area is 138 Å². The van der Waals surface area contributed by atoms with Crippen molar-refractivity contribution in [1.29, 1.82) is 0 Å². The lowest BCUT2D eigenvalue weighted by atomic mass is 9.79. The summed E-state index contributed by atoms with van der Waals surface area (Å²) in [5, 5.41) is 5.83. The molecule has 4 aliphatic rings. The molecule has 3 aliphatic carbocycles. The third-order valence-corrected chi connectivity index (χ3v) is 6.36. The van der Waals surface area contributed by atoms with Crippen LogP contribution in [0.3, 0.4) is 0 Å². The SMILES string of the molecule is CCNC(=O)NC1(C(=O)N2CC(C3CC3)C2C2CC2)CCCC1. The molecule has 0 aromatic rings. The van der Waals surface area contributed by atoms with Crippen LogP contribution < -0.4 is 10.6 Å². The normalized spacial score (nSPS) is 32.3. The average Bonchev–Trinajstić information content (AvgIpc) is 3.41. The molecule has 0 aromatic heterocycles. The summed E-state index contributed by atoms with van der Waals surface area (Å²) < 4.78 is 0. The van der Waals surface area contributed by atoms with Gasteiger partial charge in [-0.25, -0.2) is 4.79 Å². The summed E-state index contributed by atoms with van der Waals surface area (Å²) in [5.74, 6) is 2.56. The van der Waals surface area contributed by atoms with Crippen LogP contribution >= 0.6 is 0 Å². The summed E-state index contributed by atoms with van der Waals surface area (Å²) >= 11 is 0. The molecule has 5 heteroatoms. The van der Waals surface area contributed by atoms with E-state index in [4.69, 9.17) is 0 Å². The minimum atomic E-state index is -0.638. The largest absolute Gasteiger partial charge is 0.338 e. The Morgan fingerprint density at radius 1 is 1.09 bits per heavy atom. The molecular weight excluding hydrogens is 290 g/mol. The molecule has 0 radical (unpaired) electrons. The molecule has 4 fully saturated rings. The molecule has 2 atom stereocenters. The third kappa shape index (κ3) is 2.72. The Morgan fingerprint density at radius 3 is 2.30 bits per heavy atom. The van der Waals surface area contributed by atoms with E-state index >= 15 is 0 Å². The lowest BCUT2D eigenvalue weighted by molar-refractivity contribution is -0.153. The van der Waals surface area contributed by atoms with Gasteiger partial charge in [0.2, 0.25) is 5.91 Å². The maximum atomic E-state index is 13.3. The number of amides is 3. The lowest BCUT2D eigenvalue weighted by Crippen LogP contribution is -2.68. The number of nitrogens with one attached hydrogen (secondary N) is 2. The number of nitrogens with zero attached hydrogens (tertiary/aromatic N) is 1. The molecule has 128 valence electrons. The quantitative estimate of drug-likeness (QED) is 0.816. The van der Waals surface area contributed by atoms with E-state index in [1.165, 1.54) is 25.7 Å². The van der Waals surface area contributed by atoms with Gasteiger partial charge in [-0.3, -0.25) is 4.79 Å². The topological polar surface area (TPSA) is 61.4 Å². The first-order valence-corrected chi connectivity index (χ1v) is 9.52. The number of urea groups is 1. The summed E-state index contributed by atoms with van der Waals surface area (Å²) in [6.45, 7) is 3.43. The highest BCUT2D eigenvalue weighted by molar-refractivity contribution is 5.92. The van der Waals surface area contributed by atoms with Gasteiger partial charge in [-0.2, -0.15) is 0 Å². The van der Waals surface area contributed by atoms with Gasteiger partial charge in [0.1, 0.15) is 5.54 Å². The van der Waals surface area contributed by atoms with Gasteiger partial charge in [0, 0.05) is 25.0 Å². The maximum Gasteiger partial charge on any atom is 0.315 e. The summed E-state index contributed by atoms with van der Waals surface area (Å²) in [7, 11) is 0. The molecule has 0 spiro atoms. The first-order valence-electron chi connectivity index (χ1n) is 9.52. The molecule has 0 bridgehead atoms. The van der Waals surface area contributed by atoms with E-state index in [0.29, 0.717) is 12.6 Å². The predicted molar refractivity (Wildman–Crippen MR) is 87.8 cm³/mol. The molecular formula is C18H29N3O2. The Kier molecular flexibility index (Phi) is 3.77. The summed E-state index contributed by atoms with van der Waals surface area (Å²) in [5.41, 5.74) is -0.638. The summed E-state index contributed by atoms with van der Waals surface area (Å²) in [6.07, 6.45) is 8.95. The second-order valence-corrected chi connectivity index (χ2v) is 8.06. The highest BCUT2D eigenvalue weighted by Crippen LogP contribution is 2.53. The predicted octanol–water partition coefficient (Wildman–Crippen LogP) is 2.27. The first-order chi connectivity index (χ1) is 11.1. The molecule has 1 aliphatic heterocycles. The molecule has 0 aromatic carbocycles. The number of hydrogen-bond donors (Lipinski definition) is 2. The van der Waals surface area contributed by atoms with Crippen molar-refractivity contribution in [3.63, 3.8) is 0 Å². The Hall–Kier alpha value is -1.26. The fourth-order valence-electron chi connectivity index (χ4n) is 4.83. The third-order valence-electron chi connectivity index (χ3n) is 6.36. The van der Waals surface area contributed by atoms with Crippen molar-refractivity contribution in [1.82, 2.24) is 15.5 Å². The van der Waals surface area contributed by atoms with Crippen molar-refractivity contribution in [2.45, 2.75) is 69.9 Å². The van der Waals surface area contributed by atoms with E-state index in [-0.39, 0.29) is 11.9 Å². The van der Waals surface area contributed by atoms with Crippen LogP contribution in [-0.4, -0.2) is 41.5 Å². The van der Waals surface area contributed by atoms with Crippen molar-refractivity contribution in [3.05, 3.63) is 0 Å². The molecule has 1 heterocycles. The van der Waals surface area contributed by atoms with Crippen LogP contribution in [0.25, 0.3) is 0 Å². The second-order valence-electron chi connectivity index (χ2n) is 8.06. The fraction of sp³-hybridized carbons (Fsp3) is 0.889. The minimum absolute atomic E-state index is 0.190. The second kappa shape index (κ2) is 5.67. The molecule has 1 saturated heterocycles. The lowest BCUT2D eigenvalue weighted by Gasteiger charge is -2.52. The average molecular weight is 319 g/mol. The van der Waals surface area contributed by atoms with E-state index in [0.717, 1.165) is 50.0 Å². The van der Waals surface area contributed by atoms with Gasteiger partial charge in [-0.05, 0) is 57.3 Å². The van der Waals surface area contributed by atoms with E-state index < -0.39 is 5.54 Å². The van der Waals surface area contributed by atoms with Gasteiger partial charge in [-0.1, -0.05) is 12.8 Å². The molecule has 2 N–H and O–H groups in total. The Bertz CT molecular complexity index is 492. The van der Waals surface area contributed by atoms with Crippen molar-refractivity contribution < 1.29 is 9.59 Å². The monoisotopic (exact) mass is 319 g/mol. The number of carbonyl (C=O) groups is 2. The standard InChI is InChI=1S/C18H29N3O2/c1-2-19-17(23)20-18(9-3-4-10-18)16(22)21-11-14(12-5-6-12)15(21)13-7-8-13/h12-15H,2-11H2,1H3,(H2,19,20,23). The van der Waals surface area contributed by atoms with Gasteiger partial charge >= 0.3 is 6.03 Å². The van der Waals surface area contributed by atoms with E-state index in [2.05, 4.69) is 15.5 Å². The van der Waals surface area contributed by atoms with Crippen molar-refractivity contribution in [3.8, 4) is 0 Å². The maximum absolute atomic E-state index is 13.3. The van der Waals surface area contributed by atoms with E-state index in [1.54, 1.807) is 0 Å². The number of carbonyl (C=O) groups excluding carboxylic acids is 2. The van der Waals surface area contributed by atoms with Crippen molar-refractivity contribution in [2.75, 3.05) is 13.1 Å². The van der Waals surface area contributed by atoms with Crippen LogP contribution in [0.2, 0.25) is 0 Å². The number of likely N-dealkylation sites (tertiary alicyclic amines) is 1. The number of rotatable bonds is 5. The van der Waals surface area contributed by atoms with Crippen molar-refractivity contribution >= 4 is 11.9 Å². The smallest absolute Gasteiger partial charge is 0.315 e. The van der Waals surface area contributed by atoms with E-state index in [9.17, 15) is 9.59 Å². The number of hydrogen-bond acceptors (Lipinski definition) is 2. The van der Waals surface area contributed by atoms with Crippen LogP contribution in [0.1, 0.15) is 58.3 Å². The zero-order chi connectivity index (χ0) is 16.0. The highest BCUT2D eigenvalue weighted by Gasteiger charge is 2.58. The van der Waals surface area contributed by atoms with Crippen LogP contribution in [-0.2, 0) is 4.79 Å². The van der Waals surface area contributed by atoms with E-state index in [1.807, 2.05) is 6.92 Å².